The maximum absolute atomic E-state index is 12.4. The molecule has 26 heavy (non-hydrogen) atoms. The van der Waals surface area contributed by atoms with Crippen LogP contribution in [-0.2, 0) is 0 Å². The molecule has 0 aliphatic rings. The second kappa shape index (κ2) is 7.82. The minimum absolute atomic E-state index is 0.265. The minimum atomic E-state index is -0.265. The lowest BCUT2D eigenvalue weighted by Crippen LogP contribution is -2.12. The predicted octanol–water partition coefficient (Wildman–Crippen LogP) is 4.33. The minimum Gasteiger partial charge on any atom is -0.493 e. The first-order valence-corrected chi connectivity index (χ1v) is 8.46. The highest BCUT2D eigenvalue weighted by atomic mass is 16.6. The standard InChI is InChI=1S/C20H21N3O3/c1-13(2)12-25-17-10-8-15(9-11-17)18-19(23-26-22-18)21-20(24)16-6-4-14(3)5-7-16/h4-11,13H,12H2,1-3H3,(H,21,23,24). The molecule has 0 bridgehead atoms. The molecule has 134 valence electrons. The molecule has 0 saturated carbocycles. The molecule has 0 aliphatic heterocycles. The molecule has 6 nitrogen and oxygen atoms in total. The number of aryl methyl sites for hydroxylation is 1. The zero-order valence-corrected chi connectivity index (χ0v) is 15.0. The average Bonchev–Trinajstić information content (AvgIpc) is 3.09. The molecule has 2 aromatic carbocycles. The highest BCUT2D eigenvalue weighted by Crippen LogP contribution is 2.26. The second-order valence-electron chi connectivity index (χ2n) is 6.51. The van der Waals surface area contributed by atoms with Crippen molar-refractivity contribution in [2.24, 2.45) is 5.92 Å². The van der Waals surface area contributed by atoms with Gasteiger partial charge in [0.15, 0.2) is 5.69 Å². The SMILES string of the molecule is Cc1ccc(C(=O)Nc2nonc2-c2ccc(OCC(C)C)cc2)cc1. The van der Waals surface area contributed by atoms with Crippen LogP contribution in [0.5, 0.6) is 5.75 Å². The summed E-state index contributed by atoms with van der Waals surface area (Å²) in [7, 11) is 0. The van der Waals surface area contributed by atoms with Crippen molar-refractivity contribution in [1.29, 1.82) is 0 Å². The third-order valence-electron chi connectivity index (χ3n) is 3.75. The van der Waals surface area contributed by atoms with Crippen LogP contribution in [0.15, 0.2) is 53.2 Å². The summed E-state index contributed by atoms with van der Waals surface area (Å²) in [5.41, 5.74) is 2.88. The van der Waals surface area contributed by atoms with Gasteiger partial charge < -0.3 is 10.1 Å². The molecule has 0 saturated heterocycles. The van der Waals surface area contributed by atoms with Gasteiger partial charge >= 0.3 is 0 Å². The summed E-state index contributed by atoms with van der Waals surface area (Å²) >= 11 is 0. The Morgan fingerprint density at radius 3 is 2.42 bits per heavy atom. The van der Waals surface area contributed by atoms with Gasteiger partial charge in [-0.2, -0.15) is 0 Å². The van der Waals surface area contributed by atoms with Crippen molar-refractivity contribution in [3.8, 4) is 17.0 Å². The van der Waals surface area contributed by atoms with Gasteiger partial charge in [-0.05, 0) is 59.6 Å². The van der Waals surface area contributed by atoms with Crippen molar-refractivity contribution in [3.63, 3.8) is 0 Å². The van der Waals surface area contributed by atoms with E-state index in [9.17, 15) is 4.79 Å². The molecule has 0 atom stereocenters. The number of benzene rings is 2. The van der Waals surface area contributed by atoms with E-state index in [4.69, 9.17) is 9.37 Å². The van der Waals surface area contributed by atoms with Crippen LogP contribution in [0.1, 0.15) is 29.8 Å². The summed E-state index contributed by atoms with van der Waals surface area (Å²) in [5, 5.41) is 10.5. The van der Waals surface area contributed by atoms with E-state index in [2.05, 4.69) is 29.5 Å². The van der Waals surface area contributed by atoms with Crippen molar-refractivity contribution in [1.82, 2.24) is 10.3 Å². The van der Waals surface area contributed by atoms with Crippen molar-refractivity contribution in [2.75, 3.05) is 11.9 Å². The number of carbonyl (C=O) groups excluding carboxylic acids is 1. The molecule has 1 aromatic heterocycles. The number of hydrogen-bond donors (Lipinski definition) is 1. The number of nitrogens with zero attached hydrogens (tertiary/aromatic N) is 2. The highest BCUT2D eigenvalue weighted by molar-refractivity contribution is 6.05. The average molecular weight is 351 g/mol. The Hall–Kier alpha value is -3.15. The molecule has 0 fully saturated rings. The van der Waals surface area contributed by atoms with E-state index in [1.807, 2.05) is 43.3 Å². The molecule has 0 unspecified atom stereocenters. The maximum atomic E-state index is 12.4. The molecule has 1 heterocycles. The number of amides is 1. The van der Waals surface area contributed by atoms with Crippen LogP contribution in [0.3, 0.4) is 0 Å². The topological polar surface area (TPSA) is 77.3 Å². The number of carbonyl (C=O) groups is 1. The van der Waals surface area contributed by atoms with Crippen molar-refractivity contribution >= 4 is 11.7 Å². The van der Waals surface area contributed by atoms with Gasteiger partial charge in [0.2, 0.25) is 5.82 Å². The summed E-state index contributed by atoms with van der Waals surface area (Å²) in [4.78, 5) is 12.4. The Kier molecular flexibility index (Phi) is 5.31. The van der Waals surface area contributed by atoms with Crippen LogP contribution < -0.4 is 10.1 Å². The molecule has 1 amide bonds. The van der Waals surface area contributed by atoms with Gasteiger partial charge in [-0.15, -0.1) is 0 Å². The zero-order valence-electron chi connectivity index (χ0n) is 15.0. The monoisotopic (exact) mass is 351 g/mol. The fraction of sp³-hybridized carbons (Fsp3) is 0.250. The van der Waals surface area contributed by atoms with E-state index in [1.165, 1.54) is 0 Å². The van der Waals surface area contributed by atoms with Crippen molar-refractivity contribution < 1.29 is 14.2 Å². The third kappa shape index (κ3) is 4.27. The van der Waals surface area contributed by atoms with Crippen LogP contribution in [0.4, 0.5) is 5.82 Å². The summed E-state index contributed by atoms with van der Waals surface area (Å²) in [6.07, 6.45) is 0. The first-order chi connectivity index (χ1) is 12.5. The van der Waals surface area contributed by atoms with E-state index >= 15 is 0 Å². The smallest absolute Gasteiger partial charge is 0.256 e. The van der Waals surface area contributed by atoms with Crippen molar-refractivity contribution in [2.45, 2.75) is 20.8 Å². The van der Waals surface area contributed by atoms with E-state index in [0.717, 1.165) is 16.9 Å². The normalized spacial score (nSPS) is 10.8. The summed E-state index contributed by atoms with van der Waals surface area (Å²) in [6, 6.07) is 14.7. The predicted molar refractivity (Wildman–Crippen MR) is 99.2 cm³/mol. The molecule has 0 spiro atoms. The molecule has 0 aliphatic carbocycles. The van der Waals surface area contributed by atoms with Gasteiger partial charge in [0.1, 0.15) is 5.75 Å². The van der Waals surface area contributed by atoms with Gasteiger partial charge in [0.05, 0.1) is 6.61 Å². The highest BCUT2D eigenvalue weighted by Gasteiger charge is 2.16. The number of rotatable bonds is 6. The lowest BCUT2D eigenvalue weighted by Gasteiger charge is -2.09. The summed E-state index contributed by atoms with van der Waals surface area (Å²) in [6.45, 7) is 6.81. The molecular formula is C20H21N3O3. The molecule has 3 aromatic rings. The van der Waals surface area contributed by atoms with Gasteiger partial charge in [0.25, 0.3) is 5.91 Å². The molecule has 1 N–H and O–H groups in total. The molecular weight excluding hydrogens is 330 g/mol. The van der Waals surface area contributed by atoms with Gasteiger partial charge in [-0.3, -0.25) is 4.79 Å². The lowest BCUT2D eigenvalue weighted by atomic mass is 10.1. The molecule has 6 heteroatoms. The number of anilines is 1. The van der Waals surface area contributed by atoms with Crippen LogP contribution >= 0.6 is 0 Å². The number of ether oxygens (including phenoxy) is 1. The Morgan fingerprint density at radius 2 is 1.77 bits per heavy atom. The maximum Gasteiger partial charge on any atom is 0.256 e. The van der Waals surface area contributed by atoms with Crippen LogP contribution in [-0.4, -0.2) is 22.8 Å². The van der Waals surface area contributed by atoms with Gasteiger partial charge in [-0.1, -0.05) is 31.5 Å². The Balaban J connectivity index is 1.73. The van der Waals surface area contributed by atoms with Crippen molar-refractivity contribution in [3.05, 3.63) is 59.7 Å². The fourth-order valence-electron chi connectivity index (χ4n) is 2.32. The first-order valence-electron chi connectivity index (χ1n) is 8.46. The van der Waals surface area contributed by atoms with Gasteiger partial charge in [0, 0.05) is 11.1 Å². The van der Waals surface area contributed by atoms with E-state index in [0.29, 0.717) is 23.8 Å². The fourth-order valence-corrected chi connectivity index (χ4v) is 2.32. The van der Waals surface area contributed by atoms with E-state index in [-0.39, 0.29) is 11.7 Å². The Bertz CT molecular complexity index is 868. The van der Waals surface area contributed by atoms with E-state index in [1.54, 1.807) is 12.1 Å². The molecule has 3 rings (SSSR count). The Morgan fingerprint density at radius 1 is 1.08 bits per heavy atom. The first kappa shape index (κ1) is 17.7. The summed E-state index contributed by atoms with van der Waals surface area (Å²) in [5.74, 6) is 1.26. The molecule has 0 radical (unpaired) electrons. The van der Waals surface area contributed by atoms with Gasteiger partial charge in [-0.25, -0.2) is 4.63 Å². The Labute approximate surface area is 152 Å². The lowest BCUT2D eigenvalue weighted by molar-refractivity contribution is 0.102. The number of aromatic nitrogens is 2. The third-order valence-corrected chi connectivity index (χ3v) is 3.75. The largest absolute Gasteiger partial charge is 0.493 e. The number of hydrogen-bond acceptors (Lipinski definition) is 5. The zero-order chi connectivity index (χ0) is 18.5. The number of nitrogens with one attached hydrogen (secondary N) is 1. The van der Waals surface area contributed by atoms with Crippen LogP contribution in [0, 0.1) is 12.8 Å². The quantitative estimate of drug-likeness (QED) is 0.715. The van der Waals surface area contributed by atoms with Crippen LogP contribution in [0.2, 0.25) is 0 Å². The van der Waals surface area contributed by atoms with Crippen LogP contribution in [0.25, 0.3) is 11.3 Å². The van der Waals surface area contributed by atoms with E-state index < -0.39 is 0 Å². The second-order valence-corrected chi connectivity index (χ2v) is 6.51. The summed E-state index contributed by atoms with van der Waals surface area (Å²) < 4.78 is 10.5.